The summed E-state index contributed by atoms with van der Waals surface area (Å²) in [6.45, 7) is 1.75. The van der Waals surface area contributed by atoms with Gasteiger partial charge in [-0.05, 0) is 19.3 Å². The summed E-state index contributed by atoms with van der Waals surface area (Å²) < 4.78 is 0. The predicted octanol–water partition coefficient (Wildman–Crippen LogP) is 0.589. The van der Waals surface area contributed by atoms with Gasteiger partial charge in [0.05, 0.1) is 6.42 Å². The van der Waals surface area contributed by atoms with Crippen LogP contribution >= 0.6 is 0 Å². The quantitative estimate of drug-likeness (QED) is 0.483. The van der Waals surface area contributed by atoms with Crippen molar-refractivity contribution in [2.24, 2.45) is 0 Å². The Morgan fingerprint density at radius 3 is 2.60 bits per heavy atom. The number of hydrogen-bond acceptors (Lipinski definition) is 1. The number of hydrogen-bond donors (Lipinski definition) is 0. The standard InChI is InChI=1S/C8H10NO/c1-2-5-8(10)9-6-3-4-7-9/h3-7H2. The van der Waals surface area contributed by atoms with Gasteiger partial charge in [-0.1, -0.05) is 5.92 Å². The fraction of sp³-hybridized carbons (Fsp3) is 0.625. The van der Waals surface area contributed by atoms with Gasteiger partial charge in [0.25, 0.3) is 0 Å². The van der Waals surface area contributed by atoms with E-state index in [4.69, 9.17) is 6.42 Å². The Hall–Kier alpha value is -0.970. The van der Waals surface area contributed by atoms with Gasteiger partial charge in [0, 0.05) is 13.1 Å². The van der Waals surface area contributed by atoms with E-state index in [-0.39, 0.29) is 12.3 Å². The molecule has 1 rings (SSSR count). The zero-order valence-corrected chi connectivity index (χ0v) is 5.89. The maximum atomic E-state index is 11.0. The van der Waals surface area contributed by atoms with Crippen molar-refractivity contribution < 1.29 is 4.79 Å². The number of carbonyl (C=O) groups is 1. The van der Waals surface area contributed by atoms with Crippen LogP contribution in [0.15, 0.2) is 0 Å². The average Bonchev–Trinajstić information content (AvgIpc) is 2.38. The topological polar surface area (TPSA) is 20.3 Å². The van der Waals surface area contributed by atoms with E-state index in [1.807, 2.05) is 0 Å². The van der Waals surface area contributed by atoms with Crippen molar-refractivity contribution in [3.05, 3.63) is 6.42 Å². The van der Waals surface area contributed by atoms with Crippen molar-refractivity contribution >= 4 is 5.91 Å². The third-order valence-corrected chi connectivity index (χ3v) is 1.70. The van der Waals surface area contributed by atoms with E-state index in [2.05, 4.69) is 5.92 Å². The van der Waals surface area contributed by atoms with Crippen LogP contribution < -0.4 is 0 Å². The Bertz CT molecular complexity index is 163. The van der Waals surface area contributed by atoms with E-state index in [0.717, 1.165) is 25.9 Å². The van der Waals surface area contributed by atoms with Gasteiger partial charge in [-0.25, -0.2) is 0 Å². The second-order valence-electron chi connectivity index (χ2n) is 2.44. The summed E-state index contributed by atoms with van der Waals surface area (Å²) in [6, 6.07) is 0. The van der Waals surface area contributed by atoms with Gasteiger partial charge in [0.2, 0.25) is 5.91 Å². The number of nitrogens with zero attached hydrogens (tertiary/aromatic N) is 1. The van der Waals surface area contributed by atoms with E-state index < -0.39 is 0 Å². The summed E-state index contributed by atoms with van der Waals surface area (Å²) in [5, 5.41) is 0. The Balaban J connectivity index is 2.34. The number of carbonyl (C=O) groups excluding carboxylic acids is 1. The molecule has 53 valence electrons. The average molecular weight is 136 g/mol. The lowest BCUT2D eigenvalue weighted by Gasteiger charge is -2.12. The first-order valence-corrected chi connectivity index (χ1v) is 3.52. The third-order valence-electron chi connectivity index (χ3n) is 1.70. The highest BCUT2D eigenvalue weighted by molar-refractivity contribution is 5.78. The number of amides is 1. The van der Waals surface area contributed by atoms with E-state index >= 15 is 0 Å². The molecule has 0 atom stereocenters. The van der Waals surface area contributed by atoms with Crippen LogP contribution in [0.25, 0.3) is 0 Å². The lowest BCUT2D eigenvalue weighted by atomic mass is 10.4. The molecule has 0 unspecified atom stereocenters. The van der Waals surface area contributed by atoms with Crippen molar-refractivity contribution in [1.29, 1.82) is 0 Å². The van der Waals surface area contributed by atoms with Crippen LogP contribution in [0.4, 0.5) is 0 Å². The fourth-order valence-corrected chi connectivity index (χ4v) is 1.15. The Labute approximate surface area is 61.2 Å². The van der Waals surface area contributed by atoms with Crippen LogP contribution in [0.2, 0.25) is 0 Å². The third kappa shape index (κ3) is 1.51. The smallest absolute Gasteiger partial charge is 0.234 e. The van der Waals surface area contributed by atoms with Crippen LogP contribution in [-0.2, 0) is 4.79 Å². The summed E-state index contributed by atoms with van der Waals surface area (Å²) in [4.78, 5) is 12.8. The highest BCUT2D eigenvalue weighted by Crippen LogP contribution is 2.07. The molecular formula is C8H10NO. The van der Waals surface area contributed by atoms with Crippen molar-refractivity contribution in [2.45, 2.75) is 19.3 Å². The van der Waals surface area contributed by atoms with E-state index in [0.29, 0.717) is 0 Å². The molecule has 1 heterocycles. The van der Waals surface area contributed by atoms with E-state index in [1.54, 1.807) is 4.90 Å². The minimum atomic E-state index is 0.0486. The SMILES string of the molecule is [C]#CCC(=O)N1CCCC1. The number of rotatable bonds is 1. The van der Waals surface area contributed by atoms with Crippen LogP contribution in [0.5, 0.6) is 0 Å². The first kappa shape index (κ1) is 7.14. The molecule has 0 saturated carbocycles. The molecule has 0 N–H and O–H groups in total. The molecule has 1 radical (unpaired) electrons. The van der Waals surface area contributed by atoms with Crippen molar-refractivity contribution in [2.75, 3.05) is 13.1 Å². The molecule has 1 saturated heterocycles. The van der Waals surface area contributed by atoms with E-state index in [1.165, 1.54) is 0 Å². The van der Waals surface area contributed by atoms with Gasteiger partial charge in [0.1, 0.15) is 0 Å². The molecule has 1 aliphatic rings. The second-order valence-corrected chi connectivity index (χ2v) is 2.44. The van der Waals surface area contributed by atoms with Crippen LogP contribution in [0.1, 0.15) is 19.3 Å². The van der Waals surface area contributed by atoms with Crippen LogP contribution in [0.3, 0.4) is 0 Å². The molecule has 0 aromatic rings. The summed E-state index contributed by atoms with van der Waals surface area (Å²) in [5.74, 6) is 2.15. The maximum Gasteiger partial charge on any atom is 0.234 e. The van der Waals surface area contributed by atoms with Crippen molar-refractivity contribution in [3.63, 3.8) is 0 Å². The number of likely N-dealkylation sites (tertiary alicyclic amines) is 1. The molecule has 1 aliphatic heterocycles. The monoisotopic (exact) mass is 136 g/mol. The zero-order chi connectivity index (χ0) is 7.40. The molecule has 10 heavy (non-hydrogen) atoms. The van der Waals surface area contributed by atoms with Gasteiger partial charge >= 0.3 is 0 Å². The minimum absolute atomic E-state index is 0.0486. The Kier molecular flexibility index (Phi) is 2.33. The highest BCUT2D eigenvalue weighted by Gasteiger charge is 2.15. The molecule has 2 heteroatoms. The largest absolute Gasteiger partial charge is 0.342 e. The first-order chi connectivity index (χ1) is 4.84. The molecule has 0 aromatic carbocycles. The molecule has 2 nitrogen and oxygen atoms in total. The summed E-state index contributed by atoms with van der Waals surface area (Å²) in [7, 11) is 0. The van der Waals surface area contributed by atoms with Crippen LogP contribution in [0, 0.1) is 12.3 Å². The molecule has 1 amide bonds. The summed E-state index contributed by atoms with van der Waals surface area (Å²) in [5.41, 5.74) is 0. The molecule has 1 fully saturated rings. The summed E-state index contributed by atoms with van der Waals surface area (Å²) >= 11 is 0. The predicted molar refractivity (Wildman–Crippen MR) is 37.6 cm³/mol. The van der Waals surface area contributed by atoms with Crippen molar-refractivity contribution in [1.82, 2.24) is 4.90 Å². The van der Waals surface area contributed by atoms with Gasteiger partial charge in [0.15, 0.2) is 0 Å². The van der Waals surface area contributed by atoms with Gasteiger partial charge < -0.3 is 4.90 Å². The minimum Gasteiger partial charge on any atom is -0.342 e. The Morgan fingerprint density at radius 1 is 1.50 bits per heavy atom. The van der Waals surface area contributed by atoms with Gasteiger partial charge in [-0.3, -0.25) is 4.79 Å². The van der Waals surface area contributed by atoms with E-state index in [9.17, 15) is 4.79 Å². The molecular weight excluding hydrogens is 126 g/mol. The Morgan fingerprint density at radius 2 is 2.10 bits per heavy atom. The fourth-order valence-electron chi connectivity index (χ4n) is 1.15. The molecule has 0 aliphatic carbocycles. The van der Waals surface area contributed by atoms with Crippen molar-refractivity contribution in [3.8, 4) is 5.92 Å². The normalized spacial score (nSPS) is 16.9. The molecule has 0 aromatic heterocycles. The first-order valence-electron chi connectivity index (χ1n) is 3.52. The molecule has 0 spiro atoms. The van der Waals surface area contributed by atoms with Gasteiger partial charge in [-0.2, -0.15) is 0 Å². The highest BCUT2D eigenvalue weighted by atomic mass is 16.2. The lowest BCUT2D eigenvalue weighted by molar-refractivity contribution is -0.129. The lowest BCUT2D eigenvalue weighted by Crippen LogP contribution is -2.26. The summed E-state index contributed by atoms with van der Waals surface area (Å²) in [6.07, 6.45) is 8.98. The second kappa shape index (κ2) is 3.26. The van der Waals surface area contributed by atoms with Crippen LogP contribution in [-0.4, -0.2) is 23.9 Å². The molecule has 0 bridgehead atoms. The van der Waals surface area contributed by atoms with Gasteiger partial charge in [-0.15, -0.1) is 0 Å². The zero-order valence-electron chi connectivity index (χ0n) is 5.89. The maximum absolute atomic E-state index is 11.0.